The Kier molecular flexibility index (Phi) is 7.10. The Balaban J connectivity index is 1.53. The largest absolute Gasteiger partial charge is 0.394 e. The smallest absolute Gasteiger partial charge is 0.288 e. The zero-order chi connectivity index (χ0) is 25.9. The maximum Gasteiger partial charge on any atom is 0.288 e. The Labute approximate surface area is 212 Å². The number of hydrogen-bond acceptors (Lipinski definition) is 9. The molecule has 37 heavy (non-hydrogen) atoms. The summed E-state index contributed by atoms with van der Waals surface area (Å²) in [5.41, 5.74) is 2.82. The van der Waals surface area contributed by atoms with Crippen LogP contribution in [0.4, 0.5) is 5.82 Å². The number of carbonyl (C=O) groups is 1. The van der Waals surface area contributed by atoms with E-state index in [1.165, 1.54) is 17.9 Å². The Morgan fingerprint density at radius 3 is 2.24 bits per heavy atom. The molecule has 5 rings (SSSR count). The van der Waals surface area contributed by atoms with Gasteiger partial charge in [0.2, 0.25) is 5.82 Å². The van der Waals surface area contributed by atoms with Gasteiger partial charge in [-0.15, -0.1) is 0 Å². The van der Waals surface area contributed by atoms with E-state index in [9.17, 15) is 20.1 Å². The van der Waals surface area contributed by atoms with Crippen LogP contribution in [-0.4, -0.2) is 79.3 Å². The number of ether oxygens (including phenoxy) is 1. The molecule has 5 N–H and O–H groups in total. The number of benzene rings is 2. The zero-order valence-electron chi connectivity index (χ0n) is 20.1. The number of aromatic nitrogens is 4. The predicted molar refractivity (Wildman–Crippen MR) is 135 cm³/mol. The topological polar surface area (TPSA) is 155 Å². The van der Waals surface area contributed by atoms with E-state index in [4.69, 9.17) is 4.74 Å². The number of amides is 1. The molecule has 11 heteroatoms. The summed E-state index contributed by atoms with van der Waals surface area (Å²) in [7, 11) is 1.48. The molecule has 11 nitrogen and oxygen atoms in total. The molecular weight excluding hydrogens is 476 g/mol. The number of rotatable bonds is 8. The summed E-state index contributed by atoms with van der Waals surface area (Å²) < 4.78 is 7.09. The van der Waals surface area contributed by atoms with Crippen molar-refractivity contribution in [2.45, 2.75) is 30.5 Å². The first-order valence-electron chi connectivity index (χ1n) is 11.9. The second kappa shape index (κ2) is 10.6. The summed E-state index contributed by atoms with van der Waals surface area (Å²) in [6, 6.07) is 20.1. The molecule has 2 aromatic carbocycles. The van der Waals surface area contributed by atoms with Crippen molar-refractivity contribution in [1.29, 1.82) is 0 Å². The lowest BCUT2D eigenvalue weighted by atomic mass is 9.91. The lowest BCUT2D eigenvalue weighted by molar-refractivity contribution is -0.0511. The molecule has 0 spiro atoms. The van der Waals surface area contributed by atoms with Gasteiger partial charge in [-0.05, 0) is 11.1 Å². The Morgan fingerprint density at radius 2 is 1.68 bits per heavy atom. The molecule has 192 valence electrons. The minimum Gasteiger partial charge on any atom is -0.394 e. The van der Waals surface area contributed by atoms with E-state index in [1.54, 1.807) is 0 Å². The number of hydrogen-bond donors (Lipinski definition) is 5. The van der Waals surface area contributed by atoms with E-state index in [-0.39, 0.29) is 17.4 Å². The number of aliphatic hydroxyl groups excluding tert-OH is 3. The lowest BCUT2D eigenvalue weighted by Gasteiger charge is -2.20. The fourth-order valence-electron chi connectivity index (χ4n) is 4.55. The molecule has 2 aromatic heterocycles. The van der Waals surface area contributed by atoms with Crippen molar-refractivity contribution in [3.05, 3.63) is 83.9 Å². The van der Waals surface area contributed by atoms with Crippen molar-refractivity contribution in [3.8, 4) is 0 Å². The van der Waals surface area contributed by atoms with Crippen LogP contribution in [0.2, 0.25) is 0 Å². The third-order valence-electron chi connectivity index (χ3n) is 6.52. The van der Waals surface area contributed by atoms with Crippen molar-refractivity contribution in [2.75, 3.05) is 25.5 Å². The van der Waals surface area contributed by atoms with Crippen LogP contribution in [0.3, 0.4) is 0 Å². The fourth-order valence-corrected chi connectivity index (χ4v) is 4.55. The van der Waals surface area contributed by atoms with Crippen molar-refractivity contribution in [3.63, 3.8) is 0 Å². The predicted octanol–water partition coefficient (Wildman–Crippen LogP) is 1.04. The van der Waals surface area contributed by atoms with Crippen molar-refractivity contribution in [2.24, 2.45) is 0 Å². The van der Waals surface area contributed by atoms with Gasteiger partial charge in [-0.2, -0.15) is 0 Å². The van der Waals surface area contributed by atoms with Gasteiger partial charge in [-0.3, -0.25) is 9.36 Å². The Morgan fingerprint density at radius 1 is 1.03 bits per heavy atom. The molecule has 0 bridgehead atoms. The highest BCUT2D eigenvalue weighted by Crippen LogP contribution is 2.33. The fraction of sp³-hybridized carbons (Fsp3) is 0.308. The maximum atomic E-state index is 12.5. The first kappa shape index (κ1) is 24.8. The van der Waals surface area contributed by atoms with E-state index in [1.807, 2.05) is 36.4 Å². The minimum atomic E-state index is -1.33. The van der Waals surface area contributed by atoms with Crippen molar-refractivity contribution in [1.82, 2.24) is 24.8 Å². The lowest BCUT2D eigenvalue weighted by Crippen LogP contribution is -2.33. The number of nitrogens with zero attached hydrogens (tertiary/aromatic N) is 4. The summed E-state index contributed by atoms with van der Waals surface area (Å²) >= 11 is 0. The van der Waals surface area contributed by atoms with E-state index in [2.05, 4.69) is 49.9 Å². The molecule has 0 radical (unpaired) electrons. The average molecular weight is 505 g/mol. The van der Waals surface area contributed by atoms with Gasteiger partial charge in [0, 0.05) is 19.5 Å². The van der Waals surface area contributed by atoms with Gasteiger partial charge in [0.15, 0.2) is 23.2 Å². The monoisotopic (exact) mass is 504 g/mol. The zero-order valence-corrected chi connectivity index (χ0v) is 20.1. The van der Waals surface area contributed by atoms with E-state index < -0.39 is 37.1 Å². The first-order chi connectivity index (χ1) is 18.0. The summed E-state index contributed by atoms with van der Waals surface area (Å²) in [6.07, 6.45) is -3.23. The van der Waals surface area contributed by atoms with Crippen LogP contribution in [0, 0.1) is 0 Å². The molecule has 1 aliphatic heterocycles. The van der Waals surface area contributed by atoms with E-state index in [0.29, 0.717) is 17.9 Å². The van der Waals surface area contributed by atoms with Crippen LogP contribution in [0.15, 0.2) is 67.0 Å². The molecule has 3 heterocycles. The van der Waals surface area contributed by atoms with Gasteiger partial charge >= 0.3 is 0 Å². The number of fused-ring (bicyclic) bond motifs is 1. The van der Waals surface area contributed by atoms with Gasteiger partial charge in [0.1, 0.15) is 18.3 Å². The minimum absolute atomic E-state index is 0.0154. The van der Waals surface area contributed by atoms with Crippen LogP contribution in [0.25, 0.3) is 11.2 Å². The molecule has 1 fully saturated rings. The van der Waals surface area contributed by atoms with Gasteiger partial charge < -0.3 is 30.7 Å². The third-order valence-corrected chi connectivity index (χ3v) is 6.52. The molecule has 4 atom stereocenters. The van der Waals surface area contributed by atoms with Crippen LogP contribution in [0.1, 0.15) is 33.9 Å². The Bertz CT molecular complexity index is 1330. The van der Waals surface area contributed by atoms with Crippen LogP contribution < -0.4 is 10.6 Å². The third kappa shape index (κ3) is 4.77. The quantitative estimate of drug-likeness (QED) is 0.237. The first-order valence-corrected chi connectivity index (χ1v) is 11.9. The molecule has 0 unspecified atom stereocenters. The molecule has 0 aliphatic carbocycles. The summed E-state index contributed by atoms with van der Waals surface area (Å²) in [5, 5.41) is 36.1. The van der Waals surface area contributed by atoms with Gasteiger partial charge in [0.25, 0.3) is 5.91 Å². The second-order valence-electron chi connectivity index (χ2n) is 8.78. The van der Waals surface area contributed by atoms with Crippen LogP contribution in [-0.2, 0) is 4.74 Å². The van der Waals surface area contributed by atoms with Gasteiger partial charge in [-0.1, -0.05) is 60.7 Å². The normalized spacial score (nSPS) is 21.4. The molecule has 1 saturated heterocycles. The summed E-state index contributed by atoms with van der Waals surface area (Å²) in [5.74, 6) is -0.271. The number of nitrogens with one attached hydrogen (secondary N) is 2. The highest BCUT2D eigenvalue weighted by atomic mass is 16.6. The molecular formula is C26H28N6O5. The summed E-state index contributed by atoms with van der Waals surface area (Å²) in [4.78, 5) is 25.7. The van der Waals surface area contributed by atoms with Crippen LogP contribution >= 0.6 is 0 Å². The molecule has 0 saturated carbocycles. The van der Waals surface area contributed by atoms with E-state index in [0.717, 1.165) is 11.1 Å². The average Bonchev–Trinajstić information content (AvgIpc) is 3.49. The molecule has 4 aromatic rings. The number of anilines is 1. The highest BCUT2D eigenvalue weighted by Gasteiger charge is 2.44. The number of aliphatic hydroxyl groups is 3. The molecule has 1 amide bonds. The van der Waals surface area contributed by atoms with E-state index >= 15 is 0 Å². The van der Waals surface area contributed by atoms with Crippen molar-refractivity contribution < 1.29 is 24.9 Å². The summed E-state index contributed by atoms with van der Waals surface area (Å²) in [6.45, 7) is -0.0129. The highest BCUT2D eigenvalue weighted by molar-refractivity contribution is 5.94. The number of carbonyl (C=O) groups excluding carboxylic acids is 1. The molecule has 1 aliphatic rings. The van der Waals surface area contributed by atoms with Gasteiger partial charge in [-0.25, -0.2) is 15.0 Å². The van der Waals surface area contributed by atoms with Gasteiger partial charge in [0.05, 0.1) is 12.9 Å². The van der Waals surface area contributed by atoms with Crippen LogP contribution in [0.5, 0.6) is 0 Å². The number of imidazole rings is 1. The second-order valence-corrected chi connectivity index (χ2v) is 8.78. The standard InChI is InChI=1S/C26H28N6O5/c1-27-25(36)23-30-22(28-12-17(15-8-4-2-5-9-15)16-10-6-3-7-11-16)19-24(31-23)32(14-29-19)26-21(35)20(34)18(13-33)37-26/h2-11,14,17-18,20-21,26,33-35H,12-13H2,1H3,(H,27,36)(H,28,30,31)/t18-,20-,21-,26-/m1/s1. The van der Waals surface area contributed by atoms with Crippen molar-refractivity contribution >= 4 is 22.9 Å². The maximum absolute atomic E-state index is 12.5. The SMILES string of the molecule is CNC(=O)c1nc(NCC(c2ccccc2)c2ccccc2)c2ncn([C@@H]3O[C@H](CO)[C@@H](O)[C@H]3O)c2n1. The Hall–Kier alpha value is -3.90.